The minimum absolute atomic E-state index is 0.0214. The number of rotatable bonds is 3. The van der Waals surface area contributed by atoms with Crippen LogP contribution >= 0.6 is 0 Å². The summed E-state index contributed by atoms with van der Waals surface area (Å²) in [6.07, 6.45) is 6.73. The van der Waals surface area contributed by atoms with Crippen molar-refractivity contribution < 1.29 is 9.90 Å². The molecular weight excluding hydrogens is 290 g/mol. The number of hydrogen-bond acceptors (Lipinski definition) is 3. The van der Waals surface area contributed by atoms with Gasteiger partial charge in [0.15, 0.2) is 0 Å². The monoisotopic (exact) mass is 313 g/mol. The lowest BCUT2D eigenvalue weighted by atomic mass is 9.99. The van der Waals surface area contributed by atoms with Crippen molar-refractivity contribution in [3.63, 3.8) is 0 Å². The van der Waals surface area contributed by atoms with Crippen LogP contribution in [0.4, 0.5) is 0 Å². The molecule has 5 heteroatoms. The van der Waals surface area contributed by atoms with Crippen LogP contribution in [0.2, 0.25) is 0 Å². The van der Waals surface area contributed by atoms with Gasteiger partial charge in [-0.05, 0) is 50.8 Å². The lowest BCUT2D eigenvalue weighted by Gasteiger charge is -2.35. The molecule has 0 unspecified atom stereocenters. The highest BCUT2D eigenvalue weighted by molar-refractivity contribution is 5.97. The van der Waals surface area contributed by atoms with Crippen molar-refractivity contribution in [2.75, 3.05) is 6.54 Å². The second kappa shape index (κ2) is 6.44. The fourth-order valence-corrected chi connectivity index (χ4v) is 3.31. The number of nitrogens with zero attached hydrogens (tertiary/aromatic N) is 3. The van der Waals surface area contributed by atoms with E-state index < -0.39 is 0 Å². The Balaban J connectivity index is 1.93. The molecule has 1 aliphatic heterocycles. The Morgan fingerprint density at radius 1 is 1.39 bits per heavy atom. The van der Waals surface area contributed by atoms with E-state index in [1.54, 1.807) is 18.3 Å². The summed E-state index contributed by atoms with van der Waals surface area (Å²) >= 11 is 0. The number of likely N-dealkylation sites (tertiary alicyclic amines) is 1. The van der Waals surface area contributed by atoms with Gasteiger partial charge in [-0.1, -0.05) is 6.07 Å². The van der Waals surface area contributed by atoms with Crippen molar-refractivity contribution in [1.29, 1.82) is 0 Å². The summed E-state index contributed by atoms with van der Waals surface area (Å²) in [6, 6.07) is 5.19. The van der Waals surface area contributed by atoms with Crippen molar-refractivity contribution in [1.82, 2.24) is 14.5 Å². The Bertz CT molecular complexity index is 708. The number of amides is 1. The van der Waals surface area contributed by atoms with Gasteiger partial charge in [0.05, 0.1) is 11.6 Å². The number of aryl methyl sites for hydroxylation is 2. The molecule has 122 valence electrons. The van der Waals surface area contributed by atoms with Gasteiger partial charge in [0.2, 0.25) is 0 Å². The molecule has 2 heterocycles. The second-order valence-corrected chi connectivity index (χ2v) is 6.10. The van der Waals surface area contributed by atoms with E-state index in [0.717, 1.165) is 37.2 Å². The van der Waals surface area contributed by atoms with Crippen LogP contribution in [0, 0.1) is 6.92 Å². The lowest BCUT2D eigenvalue weighted by molar-refractivity contribution is 0.0592. The van der Waals surface area contributed by atoms with Gasteiger partial charge < -0.3 is 14.6 Å². The molecule has 1 aromatic heterocycles. The van der Waals surface area contributed by atoms with Gasteiger partial charge in [-0.3, -0.25) is 4.79 Å². The first-order valence-electron chi connectivity index (χ1n) is 8.23. The van der Waals surface area contributed by atoms with Gasteiger partial charge in [0, 0.05) is 25.5 Å². The molecule has 1 saturated heterocycles. The van der Waals surface area contributed by atoms with Crippen molar-refractivity contribution in [3.8, 4) is 5.75 Å². The van der Waals surface area contributed by atoms with Crippen LogP contribution in [-0.4, -0.2) is 32.0 Å². The minimum atomic E-state index is -0.113. The number of aromatic hydroxyl groups is 1. The Labute approximate surface area is 136 Å². The summed E-state index contributed by atoms with van der Waals surface area (Å²) in [5.41, 5.74) is 1.31. The zero-order valence-corrected chi connectivity index (χ0v) is 13.7. The average molecular weight is 313 g/mol. The molecule has 0 bridgehead atoms. The largest absolute Gasteiger partial charge is 0.507 e. The standard InChI is InChI=1S/C18H23N3O2/c1-3-20-11-9-19-17(20)15-6-4-5-10-21(15)18(23)14-8-7-13(2)12-16(14)22/h7-9,11-12,15,22H,3-6,10H2,1-2H3/t15-/m0/s1. The van der Waals surface area contributed by atoms with Crippen molar-refractivity contribution >= 4 is 5.91 Å². The molecule has 3 rings (SSSR count). The predicted molar refractivity (Wildman–Crippen MR) is 88.4 cm³/mol. The summed E-state index contributed by atoms with van der Waals surface area (Å²) in [4.78, 5) is 19.3. The first kappa shape index (κ1) is 15.6. The quantitative estimate of drug-likeness (QED) is 0.946. The molecule has 1 aromatic carbocycles. The molecule has 2 aromatic rings. The SMILES string of the molecule is CCn1ccnc1[C@@H]1CCCCN1C(=O)c1ccc(C)cc1O. The number of carbonyl (C=O) groups is 1. The minimum Gasteiger partial charge on any atom is -0.507 e. The van der Waals surface area contributed by atoms with Gasteiger partial charge in [-0.15, -0.1) is 0 Å². The van der Waals surface area contributed by atoms with Crippen LogP contribution in [0.1, 0.15) is 54.0 Å². The molecule has 1 atom stereocenters. The van der Waals surface area contributed by atoms with E-state index in [2.05, 4.69) is 16.5 Å². The molecule has 1 aliphatic rings. The third-order valence-electron chi connectivity index (χ3n) is 4.53. The normalized spacial score (nSPS) is 18.2. The van der Waals surface area contributed by atoms with Crippen LogP contribution in [0.15, 0.2) is 30.6 Å². The Kier molecular flexibility index (Phi) is 4.37. The summed E-state index contributed by atoms with van der Waals surface area (Å²) in [5.74, 6) is 0.878. The molecule has 1 N–H and O–H groups in total. The first-order valence-corrected chi connectivity index (χ1v) is 8.23. The second-order valence-electron chi connectivity index (χ2n) is 6.10. The Morgan fingerprint density at radius 2 is 2.22 bits per heavy atom. The Morgan fingerprint density at radius 3 is 2.96 bits per heavy atom. The molecule has 1 fully saturated rings. The summed E-state index contributed by atoms with van der Waals surface area (Å²) < 4.78 is 2.09. The third kappa shape index (κ3) is 2.96. The summed E-state index contributed by atoms with van der Waals surface area (Å²) in [6.45, 7) is 5.51. The maximum atomic E-state index is 13.0. The van der Waals surface area contributed by atoms with Crippen LogP contribution < -0.4 is 0 Å². The van der Waals surface area contributed by atoms with Crippen LogP contribution in [0.25, 0.3) is 0 Å². The number of phenolic OH excluding ortho intramolecular Hbond substituents is 1. The topological polar surface area (TPSA) is 58.4 Å². The molecule has 1 amide bonds. The zero-order valence-electron chi connectivity index (χ0n) is 13.7. The summed E-state index contributed by atoms with van der Waals surface area (Å²) in [7, 11) is 0. The van der Waals surface area contributed by atoms with Gasteiger partial charge in [-0.2, -0.15) is 0 Å². The number of carbonyl (C=O) groups excluding carboxylic acids is 1. The van der Waals surface area contributed by atoms with E-state index in [4.69, 9.17) is 0 Å². The average Bonchev–Trinajstić information content (AvgIpc) is 3.03. The van der Waals surface area contributed by atoms with Crippen molar-refractivity contribution in [2.45, 2.75) is 45.7 Å². The van der Waals surface area contributed by atoms with E-state index in [0.29, 0.717) is 12.1 Å². The highest BCUT2D eigenvalue weighted by atomic mass is 16.3. The zero-order chi connectivity index (χ0) is 16.4. The molecule has 0 saturated carbocycles. The highest BCUT2D eigenvalue weighted by Crippen LogP contribution is 2.33. The van der Waals surface area contributed by atoms with Crippen molar-refractivity contribution in [2.24, 2.45) is 0 Å². The molecule has 23 heavy (non-hydrogen) atoms. The van der Waals surface area contributed by atoms with Crippen LogP contribution in [0.3, 0.4) is 0 Å². The molecular formula is C18H23N3O2. The predicted octanol–water partition coefficient (Wildman–Crippen LogP) is 3.28. The molecule has 0 aliphatic carbocycles. The first-order chi connectivity index (χ1) is 11.1. The smallest absolute Gasteiger partial charge is 0.258 e. The maximum absolute atomic E-state index is 13.0. The third-order valence-corrected chi connectivity index (χ3v) is 4.53. The summed E-state index contributed by atoms with van der Waals surface area (Å²) in [5, 5.41) is 10.1. The fraction of sp³-hybridized carbons (Fsp3) is 0.444. The van der Waals surface area contributed by atoms with Gasteiger partial charge in [0.1, 0.15) is 11.6 Å². The van der Waals surface area contributed by atoms with Crippen molar-refractivity contribution in [3.05, 3.63) is 47.5 Å². The number of aromatic nitrogens is 2. The molecule has 5 nitrogen and oxygen atoms in total. The Hall–Kier alpha value is -2.30. The van der Waals surface area contributed by atoms with E-state index in [-0.39, 0.29) is 17.7 Å². The van der Waals surface area contributed by atoms with Gasteiger partial charge in [-0.25, -0.2) is 4.98 Å². The maximum Gasteiger partial charge on any atom is 0.258 e. The lowest BCUT2D eigenvalue weighted by Crippen LogP contribution is -2.39. The number of hydrogen-bond donors (Lipinski definition) is 1. The van der Waals surface area contributed by atoms with Crippen LogP contribution in [-0.2, 0) is 6.54 Å². The molecule has 0 radical (unpaired) electrons. The highest BCUT2D eigenvalue weighted by Gasteiger charge is 2.32. The number of benzene rings is 1. The molecule has 0 spiro atoms. The van der Waals surface area contributed by atoms with Gasteiger partial charge >= 0.3 is 0 Å². The van der Waals surface area contributed by atoms with E-state index in [9.17, 15) is 9.90 Å². The van der Waals surface area contributed by atoms with Crippen LogP contribution in [0.5, 0.6) is 5.75 Å². The van der Waals surface area contributed by atoms with Gasteiger partial charge in [0.25, 0.3) is 5.91 Å². The van der Waals surface area contributed by atoms with E-state index in [1.165, 1.54) is 0 Å². The number of piperidine rings is 1. The fourth-order valence-electron chi connectivity index (χ4n) is 3.31. The number of phenols is 1. The van der Waals surface area contributed by atoms with E-state index >= 15 is 0 Å². The number of imidazole rings is 1. The van der Waals surface area contributed by atoms with E-state index in [1.807, 2.05) is 24.1 Å².